The fourth-order valence-corrected chi connectivity index (χ4v) is 5.56. The van der Waals surface area contributed by atoms with Crippen LogP contribution in [0.2, 0.25) is 5.02 Å². The van der Waals surface area contributed by atoms with Crippen LogP contribution < -0.4 is 4.90 Å². The summed E-state index contributed by atoms with van der Waals surface area (Å²) in [6, 6.07) is 6.29. The minimum absolute atomic E-state index is 0.0252. The summed E-state index contributed by atoms with van der Waals surface area (Å²) in [6.07, 6.45) is -1.51. The topological polar surface area (TPSA) is 36.0 Å². The molecule has 1 atom stereocenters. The van der Waals surface area contributed by atoms with Crippen molar-refractivity contribution in [3.63, 3.8) is 0 Å². The number of nitrogens with zero attached hydrogens (tertiary/aromatic N) is 3. The van der Waals surface area contributed by atoms with Crippen LogP contribution in [0.3, 0.4) is 0 Å². The van der Waals surface area contributed by atoms with Crippen LogP contribution in [0.1, 0.15) is 51.0 Å². The van der Waals surface area contributed by atoms with Crippen molar-refractivity contribution >= 4 is 23.4 Å². The molecule has 0 saturated carbocycles. The molecular weight excluding hydrogens is 443 g/mol. The van der Waals surface area contributed by atoms with E-state index in [4.69, 9.17) is 11.6 Å². The van der Waals surface area contributed by atoms with Gasteiger partial charge in [0.05, 0.1) is 0 Å². The van der Waals surface area contributed by atoms with Crippen molar-refractivity contribution in [3.05, 3.63) is 28.8 Å². The summed E-state index contributed by atoms with van der Waals surface area (Å²) in [6.45, 7) is 5.57. The van der Waals surface area contributed by atoms with Gasteiger partial charge in [0.25, 0.3) is 0 Å². The van der Waals surface area contributed by atoms with Crippen LogP contribution in [0.25, 0.3) is 0 Å². The monoisotopic (exact) mass is 473 g/mol. The SMILES string of the molecule is CC(OC(=O)N1CCC2(CCCN2Cc2cc(Cl)cc(N3CCCC3)c2)CC1)C(F)(F)F. The number of alkyl halides is 3. The van der Waals surface area contributed by atoms with E-state index in [9.17, 15) is 18.0 Å². The minimum atomic E-state index is -4.54. The van der Waals surface area contributed by atoms with Gasteiger partial charge in [-0.25, -0.2) is 4.79 Å². The zero-order valence-corrected chi connectivity index (χ0v) is 19.2. The summed E-state index contributed by atoms with van der Waals surface area (Å²) in [5, 5.41) is 0.744. The number of anilines is 1. The molecule has 3 heterocycles. The van der Waals surface area contributed by atoms with E-state index < -0.39 is 18.4 Å². The summed E-state index contributed by atoms with van der Waals surface area (Å²) in [5.74, 6) is 0. The molecule has 1 spiro atoms. The predicted octanol–water partition coefficient (Wildman–Crippen LogP) is 5.46. The van der Waals surface area contributed by atoms with Crippen molar-refractivity contribution < 1.29 is 22.7 Å². The van der Waals surface area contributed by atoms with Crippen LogP contribution in [0.5, 0.6) is 0 Å². The molecule has 1 aromatic rings. The molecule has 1 amide bonds. The number of hydrogen-bond donors (Lipinski definition) is 0. The second kappa shape index (κ2) is 9.29. The summed E-state index contributed by atoms with van der Waals surface area (Å²) in [4.78, 5) is 18.5. The molecular formula is C23H31ClF3N3O2. The normalized spacial score (nSPS) is 22.5. The second-order valence-corrected chi connectivity index (χ2v) is 9.75. The van der Waals surface area contributed by atoms with Crippen LogP contribution in [-0.4, -0.2) is 66.4 Å². The molecule has 178 valence electrons. The molecule has 0 bridgehead atoms. The summed E-state index contributed by atoms with van der Waals surface area (Å²) in [5.41, 5.74) is 2.33. The van der Waals surface area contributed by atoms with Gasteiger partial charge in [-0.05, 0) is 75.8 Å². The first-order valence-corrected chi connectivity index (χ1v) is 11.9. The fraction of sp³-hybridized carbons (Fsp3) is 0.696. The van der Waals surface area contributed by atoms with Gasteiger partial charge in [-0.15, -0.1) is 0 Å². The smallest absolute Gasteiger partial charge is 0.425 e. The lowest BCUT2D eigenvalue weighted by atomic mass is 9.85. The van der Waals surface area contributed by atoms with Crippen LogP contribution in [0.4, 0.5) is 23.7 Å². The Hall–Kier alpha value is -1.67. The molecule has 3 aliphatic heterocycles. The van der Waals surface area contributed by atoms with Crippen LogP contribution >= 0.6 is 11.6 Å². The molecule has 1 aromatic carbocycles. The van der Waals surface area contributed by atoms with E-state index in [0.29, 0.717) is 13.1 Å². The van der Waals surface area contributed by atoms with Crippen molar-refractivity contribution in [3.8, 4) is 0 Å². The minimum Gasteiger partial charge on any atom is -0.437 e. The van der Waals surface area contributed by atoms with Crippen molar-refractivity contribution in [2.24, 2.45) is 0 Å². The molecule has 32 heavy (non-hydrogen) atoms. The van der Waals surface area contributed by atoms with Crippen LogP contribution in [-0.2, 0) is 11.3 Å². The van der Waals surface area contributed by atoms with Crippen molar-refractivity contribution in [1.29, 1.82) is 0 Å². The Morgan fingerprint density at radius 2 is 1.75 bits per heavy atom. The second-order valence-electron chi connectivity index (χ2n) is 9.32. The number of carbonyl (C=O) groups is 1. The lowest BCUT2D eigenvalue weighted by Crippen LogP contribution is -2.53. The van der Waals surface area contributed by atoms with Crippen molar-refractivity contribution in [1.82, 2.24) is 9.80 Å². The third kappa shape index (κ3) is 5.11. The largest absolute Gasteiger partial charge is 0.437 e. The Bertz CT molecular complexity index is 821. The number of halogens is 4. The number of piperidine rings is 1. The van der Waals surface area contributed by atoms with Gasteiger partial charge in [0, 0.05) is 49.0 Å². The number of carbonyl (C=O) groups excluding carboxylic acids is 1. The molecule has 0 aromatic heterocycles. The maximum atomic E-state index is 12.7. The van der Waals surface area contributed by atoms with Gasteiger partial charge >= 0.3 is 12.3 Å². The standard InChI is InChI=1S/C23H31ClF3N3O2/c1-17(23(25,26)27)32-21(31)29-11-6-22(7-12-29)5-4-10-30(22)16-18-13-19(24)15-20(14-18)28-8-2-3-9-28/h13-15,17H,2-12,16H2,1H3. The Balaban J connectivity index is 1.39. The quantitative estimate of drug-likeness (QED) is 0.582. The highest BCUT2D eigenvalue weighted by molar-refractivity contribution is 6.30. The first kappa shape index (κ1) is 23.5. The van der Waals surface area contributed by atoms with E-state index in [1.807, 2.05) is 12.1 Å². The number of likely N-dealkylation sites (tertiary alicyclic amines) is 2. The van der Waals surface area contributed by atoms with Gasteiger partial charge in [-0.1, -0.05) is 11.6 Å². The van der Waals surface area contributed by atoms with Crippen LogP contribution in [0.15, 0.2) is 18.2 Å². The van der Waals surface area contributed by atoms with Gasteiger partial charge in [0.1, 0.15) is 0 Å². The molecule has 0 radical (unpaired) electrons. The molecule has 5 nitrogen and oxygen atoms in total. The number of rotatable bonds is 4. The van der Waals surface area contributed by atoms with Crippen molar-refractivity contribution in [2.75, 3.05) is 37.6 Å². The predicted molar refractivity (Wildman–Crippen MR) is 118 cm³/mol. The van der Waals surface area contributed by atoms with Crippen molar-refractivity contribution in [2.45, 2.75) is 69.8 Å². The highest BCUT2D eigenvalue weighted by Gasteiger charge is 2.45. The fourth-order valence-electron chi connectivity index (χ4n) is 5.31. The molecule has 4 rings (SSSR count). The Labute approximate surface area is 192 Å². The number of hydrogen-bond acceptors (Lipinski definition) is 4. The zero-order valence-electron chi connectivity index (χ0n) is 18.5. The van der Waals surface area contributed by atoms with Crippen LogP contribution in [0, 0.1) is 0 Å². The maximum absolute atomic E-state index is 12.7. The summed E-state index contributed by atoms with van der Waals surface area (Å²) in [7, 11) is 0. The molecule has 9 heteroatoms. The van der Waals surface area contributed by atoms with Gasteiger partial charge < -0.3 is 14.5 Å². The third-order valence-corrected chi connectivity index (χ3v) is 7.44. The van der Waals surface area contributed by atoms with Gasteiger partial charge in [-0.2, -0.15) is 13.2 Å². The highest BCUT2D eigenvalue weighted by Crippen LogP contribution is 2.40. The lowest BCUT2D eigenvalue weighted by molar-refractivity contribution is -0.200. The van der Waals surface area contributed by atoms with E-state index >= 15 is 0 Å². The first-order valence-electron chi connectivity index (χ1n) is 11.5. The number of ether oxygens (including phenoxy) is 1. The van der Waals surface area contributed by atoms with E-state index in [0.717, 1.165) is 63.8 Å². The third-order valence-electron chi connectivity index (χ3n) is 7.22. The zero-order chi connectivity index (χ0) is 22.9. The Morgan fingerprint density at radius 3 is 2.41 bits per heavy atom. The average molecular weight is 474 g/mol. The van der Waals surface area contributed by atoms with E-state index in [1.165, 1.54) is 29.0 Å². The molecule has 0 aliphatic carbocycles. The van der Waals surface area contributed by atoms with Gasteiger partial charge in [-0.3, -0.25) is 4.90 Å². The Morgan fingerprint density at radius 1 is 1.06 bits per heavy atom. The van der Waals surface area contributed by atoms with Gasteiger partial charge in [0.2, 0.25) is 0 Å². The molecule has 3 saturated heterocycles. The van der Waals surface area contributed by atoms with E-state index in [2.05, 4.69) is 20.6 Å². The summed E-state index contributed by atoms with van der Waals surface area (Å²) >= 11 is 6.44. The Kier molecular flexibility index (Phi) is 6.82. The molecule has 0 N–H and O–H groups in total. The number of amides is 1. The first-order chi connectivity index (χ1) is 15.2. The van der Waals surface area contributed by atoms with E-state index in [1.54, 1.807) is 0 Å². The maximum Gasteiger partial charge on any atom is 0.425 e. The van der Waals surface area contributed by atoms with Gasteiger partial charge in [0.15, 0.2) is 6.10 Å². The lowest BCUT2D eigenvalue weighted by Gasteiger charge is -2.45. The number of benzene rings is 1. The average Bonchev–Trinajstić information content (AvgIpc) is 3.39. The summed E-state index contributed by atoms with van der Waals surface area (Å²) < 4.78 is 42.8. The molecule has 1 unspecified atom stereocenters. The highest BCUT2D eigenvalue weighted by atomic mass is 35.5. The van der Waals surface area contributed by atoms with E-state index in [-0.39, 0.29) is 5.54 Å². The molecule has 3 fully saturated rings. The molecule has 3 aliphatic rings.